The molecule has 1 heterocycles. The minimum absolute atomic E-state index is 0.0171. The van der Waals surface area contributed by atoms with E-state index in [-0.39, 0.29) is 42.7 Å². The van der Waals surface area contributed by atoms with E-state index in [4.69, 9.17) is 18.9 Å². The Morgan fingerprint density at radius 2 is 2.07 bits per heavy atom. The molecule has 6 nitrogen and oxygen atoms in total. The maximum Gasteiger partial charge on any atom is 0.337 e. The summed E-state index contributed by atoms with van der Waals surface area (Å²) in [5, 5.41) is 11.1. The molecule has 0 spiro atoms. The molecule has 0 saturated heterocycles. The summed E-state index contributed by atoms with van der Waals surface area (Å²) < 4.78 is 22.2. The van der Waals surface area contributed by atoms with Gasteiger partial charge in [-0.15, -0.1) is 0 Å². The van der Waals surface area contributed by atoms with E-state index in [1.54, 1.807) is 14.2 Å². The SMILES string of the molecule is COCO[C@H]1C[C@]2(C)c3ccc(C(C)C)c(OC)c3[C@H](O)C[C@H]2C2=C1C(=O)OC2. The number of esters is 1. The van der Waals surface area contributed by atoms with Crippen molar-refractivity contribution in [1.82, 2.24) is 0 Å². The normalized spacial score (nSPS) is 30.7. The Balaban J connectivity index is 1.88. The molecule has 0 unspecified atom stereocenters. The Kier molecular flexibility index (Phi) is 5.21. The second-order valence-electron chi connectivity index (χ2n) is 8.81. The first-order chi connectivity index (χ1) is 13.8. The van der Waals surface area contributed by atoms with Gasteiger partial charge in [0.15, 0.2) is 0 Å². The summed E-state index contributed by atoms with van der Waals surface area (Å²) >= 11 is 0. The predicted molar refractivity (Wildman–Crippen MR) is 107 cm³/mol. The summed E-state index contributed by atoms with van der Waals surface area (Å²) in [6.07, 6.45) is 0.116. The zero-order valence-corrected chi connectivity index (χ0v) is 17.8. The summed E-state index contributed by atoms with van der Waals surface area (Å²) in [6, 6.07) is 4.23. The monoisotopic (exact) mass is 402 g/mol. The van der Waals surface area contributed by atoms with Crippen LogP contribution in [0.3, 0.4) is 0 Å². The van der Waals surface area contributed by atoms with Crippen LogP contribution in [0, 0.1) is 5.92 Å². The molecule has 1 aliphatic heterocycles. The molecule has 0 amide bonds. The highest BCUT2D eigenvalue weighted by Crippen LogP contribution is 2.58. The third-order valence-corrected chi connectivity index (χ3v) is 6.89. The molecule has 158 valence electrons. The van der Waals surface area contributed by atoms with E-state index in [0.29, 0.717) is 18.4 Å². The number of aliphatic hydroxyl groups is 1. The minimum atomic E-state index is -0.655. The van der Waals surface area contributed by atoms with Gasteiger partial charge in [0.25, 0.3) is 0 Å². The Bertz CT molecular complexity index is 857. The van der Waals surface area contributed by atoms with Crippen LogP contribution in [0.4, 0.5) is 0 Å². The predicted octanol–water partition coefficient (Wildman–Crippen LogP) is 3.38. The molecule has 6 heteroatoms. The van der Waals surface area contributed by atoms with Crippen molar-refractivity contribution < 1.29 is 28.8 Å². The van der Waals surface area contributed by atoms with Gasteiger partial charge in [-0.25, -0.2) is 4.79 Å². The number of benzene rings is 1. The molecule has 0 saturated carbocycles. The van der Waals surface area contributed by atoms with Crippen LogP contribution in [0.5, 0.6) is 5.75 Å². The number of hydrogen-bond donors (Lipinski definition) is 1. The molecular formula is C23H30O6. The van der Waals surface area contributed by atoms with Crippen LogP contribution in [0.1, 0.15) is 62.3 Å². The standard InChI is InChI=1S/C23H30O6/c1-12(2)13-6-7-15-20(21(13)27-5)17(24)8-16-14-10-28-22(25)19(14)18(29-11-26-4)9-23(15,16)3/h6-7,12,16-18,24H,8-11H2,1-5H3/t16-,17+,18-,23+/m0/s1. The van der Waals surface area contributed by atoms with E-state index in [2.05, 4.69) is 32.9 Å². The molecule has 29 heavy (non-hydrogen) atoms. The maximum atomic E-state index is 12.4. The fourth-order valence-electron chi connectivity index (χ4n) is 5.53. The van der Waals surface area contributed by atoms with Gasteiger partial charge in [-0.3, -0.25) is 0 Å². The van der Waals surface area contributed by atoms with Crippen molar-refractivity contribution >= 4 is 5.97 Å². The van der Waals surface area contributed by atoms with Crippen molar-refractivity contribution in [2.24, 2.45) is 5.92 Å². The van der Waals surface area contributed by atoms with Gasteiger partial charge in [0.2, 0.25) is 0 Å². The van der Waals surface area contributed by atoms with Gasteiger partial charge < -0.3 is 24.1 Å². The van der Waals surface area contributed by atoms with Crippen molar-refractivity contribution in [3.8, 4) is 5.75 Å². The number of fused-ring (bicyclic) bond motifs is 4. The third-order valence-electron chi connectivity index (χ3n) is 6.89. The van der Waals surface area contributed by atoms with Crippen molar-refractivity contribution in [3.63, 3.8) is 0 Å². The summed E-state index contributed by atoms with van der Waals surface area (Å²) in [7, 11) is 3.23. The third kappa shape index (κ3) is 3.00. The highest BCUT2D eigenvalue weighted by atomic mass is 16.7. The largest absolute Gasteiger partial charge is 0.496 e. The molecule has 1 aromatic carbocycles. The Hall–Kier alpha value is -1.89. The lowest BCUT2D eigenvalue weighted by Crippen LogP contribution is -2.47. The lowest BCUT2D eigenvalue weighted by atomic mass is 9.55. The van der Waals surface area contributed by atoms with Gasteiger partial charge in [0.1, 0.15) is 19.1 Å². The second kappa shape index (κ2) is 7.42. The minimum Gasteiger partial charge on any atom is -0.496 e. The highest BCUT2D eigenvalue weighted by Gasteiger charge is 2.54. The van der Waals surface area contributed by atoms with Crippen molar-refractivity contribution in [2.45, 2.75) is 57.2 Å². The van der Waals surface area contributed by atoms with Crippen molar-refractivity contribution in [3.05, 3.63) is 40.0 Å². The summed E-state index contributed by atoms with van der Waals surface area (Å²) in [4.78, 5) is 12.4. The van der Waals surface area contributed by atoms with Crippen LogP contribution >= 0.6 is 0 Å². The van der Waals surface area contributed by atoms with E-state index in [1.165, 1.54) is 0 Å². The maximum absolute atomic E-state index is 12.4. The van der Waals surface area contributed by atoms with E-state index in [9.17, 15) is 9.90 Å². The molecule has 4 atom stereocenters. The number of hydrogen-bond acceptors (Lipinski definition) is 6. The topological polar surface area (TPSA) is 74.2 Å². The second-order valence-corrected chi connectivity index (χ2v) is 8.81. The van der Waals surface area contributed by atoms with Crippen molar-refractivity contribution in [1.29, 1.82) is 0 Å². The first-order valence-corrected chi connectivity index (χ1v) is 10.2. The van der Waals surface area contributed by atoms with Crippen LogP contribution in [0.2, 0.25) is 0 Å². The van der Waals surface area contributed by atoms with Gasteiger partial charge in [-0.05, 0) is 41.4 Å². The van der Waals surface area contributed by atoms with E-state index >= 15 is 0 Å². The molecule has 4 rings (SSSR count). The van der Waals surface area contributed by atoms with E-state index < -0.39 is 6.10 Å². The van der Waals surface area contributed by atoms with Gasteiger partial charge in [-0.1, -0.05) is 32.9 Å². The lowest BCUT2D eigenvalue weighted by Gasteiger charge is -2.50. The molecule has 0 aromatic heterocycles. The zero-order valence-electron chi connectivity index (χ0n) is 17.8. The number of carbonyl (C=O) groups is 1. The Labute approximate surface area is 171 Å². The van der Waals surface area contributed by atoms with Crippen LogP contribution in [-0.4, -0.2) is 44.8 Å². The Morgan fingerprint density at radius 1 is 1.31 bits per heavy atom. The van der Waals surface area contributed by atoms with Crippen LogP contribution in [0.25, 0.3) is 0 Å². The number of ether oxygens (including phenoxy) is 4. The Morgan fingerprint density at radius 3 is 2.72 bits per heavy atom. The van der Waals surface area contributed by atoms with Gasteiger partial charge in [0.05, 0.1) is 24.9 Å². The molecule has 2 aliphatic carbocycles. The van der Waals surface area contributed by atoms with Crippen LogP contribution in [0.15, 0.2) is 23.3 Å². The van der Waals surface area contributed by atoms with Crippen LogP contribution < -0.4 is 4.74 Å². The number of aliphatic hydroxyl groups excluding tert-OH is 1. The zero-order chi connectivity index (χ0) is 20.9. The number of methoxy groups -OCH3 is 2. The molecule has 1 aromatic rings. The fraction of sp³-hybridized carbons (Fsp3) is 0.609. The smallest absolute Gasteiger partial charge is 0.337 e. The highest BCUT2D eigenvalue weighted by molar-refractivity contribution is 5.93. The first kappa shape index (κ1) is 20.4. The lowest BCUT2D eigenvalue weighted by molar-refractivity contribution is -0.138. The number of rotatable bonds is 5. The van der Waals surface area contributed by atoms with E-state index in [1.807, 2.05) is 0 Å². The molecular weight excluding hydrogens is 372 g/mol. The fourth-order valence-corrected chi connectivity index (χ4v) is 5.53. The average molecular weight is 402 g/mol. The average Bonchev–Trinajstić information content (AvgIpc) is 3.08. The summed E-state index contributed by atoms with van der Waals surface area (Å²) in [5.41, 5.74) is 4.31. The van der Waals surface area contributed by atoms with E-state index in [0.717, 1.165) is 28.0 Å². The van der Waals surface area contributed by atoms with Gasteiger partial charge in [-0.2, -0.15) is 0 Å². The summed E-state index contributed by atoms with van der Waals surface area (Å²) in [5.74, 6) is 0.768. The quantitative estimate of drug-likeness (QED) is 0.601. The summed E-state index contributed by atoms with van der Waals surface area (Å²) in [6.45, 7) is 6.83. The number of carbonyl (C=O) groups excluding carboxylic acids is 1. The van der Waals surface area contributed by atoms with Crippen LogP contribution in [-0.2, 0) is 24.4 Å². The molecule has 0 bridgehead atoms. The molecule has 3 aliphatic rings. The van der Waals surface area contributed by atoms with Gasteiger partial charge >= 0.3 is 5.97 Å². The molecule has 0 radical (unpaired) electrons. The molecule has 1 N–H and O–H groups in total. The van der Waals surface area contributed by atoms with Crippen molar-refractivity contribution in [2.75, 3.05) is 27.6 Å². The number of cyclic esters (lactones) is 1. The van der Waals surface area contributed by atoms with Gasteiger partial charge in [0, 0.05) is 18.1 Å². The first-order valence-electron chi connectivity index (χ1n) is 10.2. The molecule has 0 fully saturated rings.